The number of nitrogens with zero attached hydrogens (tertiary/aromatic N) is 2. The second-order valence-electron chi connectivity index (χ2n) is 10.6. The molecule has 8 aromatic rings. The fourth-order valence-corrected chi connectivity index (χ4v) is 6.50. The number of hydrogen-bond acceptors (Lipinski definition) is 1. The molecule has 0 N–H and O–H groups in total. The molecule has 2 nitrogen and oxygen atoms in total. The van der Waals surface area contributed by atoms with E-state index in [1.807, 2.05) is 0 Å². The van der Waals surface area contributed by atoms with E-state index in [1.54, 1.807) is 0 Å². The van der Waals surface area contributed by atoms with Crippen LogP contribution in [0.15, 0.2) is 140 Å². The average Bonchev–Trinajstić information content (AvgIpc) is 3.42. The average molecular weight is 525 g/mol. The summed E-state index contributed by atoms with van der Waals surface area (Å²) in [7, 11) is 0. The Hall–Kier alpha value is -5.21. The Balaban J connectivity index is 1.35. The molecule has 0 saturated carbocycles. The SMILES string of the molecule is CCn1c(-c2ccc(-c3c4ccccc4c(-c4ccc5ccccc5c4)c4ccccc34)cc2)nc2ccccc21. The highest BCUT2D eigenvalue weighted by atomic mass is 15.1. The molecule has 0 atom stereocenters. The van der Waals surface area contributed by atoms with Crippen molar-refractivity contribution in [1.82, 2.24) is 9.55 Å². The first kappa shape index (κ1) is 23.7. The quantitative estimate of drug-likeness (QED) is 0.209. The van der Waals surface area contributed by atoms with Crippen LogP contribution in [-0.2, 0) is 6.54 Å². The lowest BCUT2D eigenvalue weighted by atomic mass is 9.85. The minimum Gasteiger partial charge on any atom is -0.324 e. The van der Waals surface area contributed by atoms with Crippen molar-refractivity contribution in [3.63, 3.8) is 0 Å². The second-order valence-corrected chi connectivity index (χ2v) is 10.6. The van der Waals surface area contributed by atoms with Gasteiger partial charge in [-0.25, -0.2) is 4.98 Å². The second kappa shape index (κ2) is 9.46. The zero-order chi connectivity index (χ0) is 27.3. The zero-order valence-corrected chi connectivity index (χ0v) is 22.9. The first-order chi connectivity index (χ1) is 20.3. The van der Waals surface area contributed by atoms with Crippen molar-refractivity contribution < 1.29 is 0 Å². The molecule has 0 bridgehead atoms. The minimum atomic E-state index is 0.878. The molecule has 41 heavy (non-hydrogen) atoms. The molecular weight excluding hydrogens is 496 g/mol. The van der Waals surface area contributed by atoms with E-state index in [9.17, 15) is 0 Å². The van der Waals surface area contributed by atoms with E-state index in [0.29, 0.717) is 0 Å². The van der Waals surface area contributed by atoms with E-state index in [1.165, 1.54) is 60.1 Å². The van der Waals surface area contributed by atoms with Crippen molar-refractivity contribution in [2.75, 3.05) is 0 Å². The zero-order valence-electron chi connectivity index (χ0n) is 22.9. The van der Waals surface area contributed by atoms with Crippen molar-refractivity contribution in [2.45, 2.75) is 13.5 Å². The normalized spacial score (nSPS) is 11.6. The summed E-state index contributed by atoms with van der Waals surface area (Å²) < 4.78 is 2.30. The Labute approximate surface area is 239 Å². The number of rotatable bonds is 4. The summed E-state index contributed by atoms with van der Waals surface area (Å²) in [4.78, 5) is 4.99. The van der Waals surface area contributed by atoms with Gasteiger partial charge in [-0.05, 0) is 79.7 Å². The topological polar surface area (TPSA) is 17.8 Å². The maximum absolute atomic E-state index is 4.99. The van der Waals surface area contributed by atoms with Crippen LogP contribution in [0.5, 0.6) is 0 Å². The van der Waals surface area contributed by atoms with Gasteiger partial charge in [-0.1, -0.05) is 121 Å². The summed E-state index contributed by atoms with van der Waals surface area (Å²) in [6.45, 7) is 3.06. The number of aromatic nitrogens is 2. The van der Waals surface area contributed by atoms with Crippen molar-refractivity contribution in [3.8, 4) is 33.6 Å². The summed E-state index contributed by atoms with van der Waals surface area (Å²) in [5.41, 5.74) is 8.37. The third-order valence-corrected chi connectivity index (χ3v) is 8.37. The van der Waals surface area contributed by atoms with Gasteiger partial charge in [0.1, 0.15) is 5.82 Å². The first-order valence-electron chi connectivity index (χ1n) is 14.3. The lowest BCUT2D eigenvalue weighted by Crippen LogP contribution is -1.97. The summed E-state index contributed by atoms with van der Waals surface area (Å²) in [5.74, 6) is 1.02. The van der Waals surface area contributed by atoms with Crippen LogP contribution in [0.4, 0.5) is 0 Å². The highest BCUT2D eigenvalue weighted by Gasteiger charge is 2.17. The molecule has 0 aliphatic carbocycles. The van der Waals surface area contributed by atoms with Crippen LogP contribution in [0.3, 0.4) is 0 Å². The van der Waals surface area contributed by atoms with Crippen LogP contribution in [0.25, 0.3) is 77.0 Å². The molecule has 0 aliphatic heterocycles. The van der Waals surface area contributed by atoms with Crippen molar-refractivity contribution >= 4 is 43.4 Å². The van der Waals surface area contributed by atoms with Crippen LogP contribution in [0.1, 0.15) is 6.92 Å². The fourth-order valence-electron chi connectivity index (χ4n) is 6.50. The summed E-state index contributed by atoms with van der Waals surface area (Å²) in [6, 6.07) is 50.5. The highest BCUT2D eigenvalue weighted by molar-refractivity contribution is 6.21. The van der Waals surface area contributed by atoms with Gasteiger partial charge in [0.2, 0.25) is 0 Å². The molecule has 8 rings (SSSR count). The van der Waals surface area contributed by atoms with Gasteiger partial charge in [-0.15, -0.1) is 0 Å². The van der Waals surface area contributed by atoms with Gasteiger partial charge in [0.15, 0.2) is 0 Å². The molecule has 0 unspecified atom stereocenters. The first-order valence-corrected chi connectivity index (χ1v) is 14.3. The van der Waals surface area contributed by atoms with Crippen LogP contribution in [-0.4, -0.2) is 9.55 Å². The molecular formula is C39H28N2. The van der Waals surface area contributed by atoms with Gasteiger partial charge in [0.05, 0.1) is 11.0 Å². The predicted molar refractivity (Wildman–Crippen MR) is 174 cm³/mol. The van der Waals surface area contributed by atoms with Crippen molar-refractivity contribution in [1.29, 1.82) is 0 Å². The molecule has 0 spiro atoms. The lowest BCUT2D eigenvalue weighted by Gasteiger charge is -2.18. The monoisotopic (exact) mass is 524 g/mol. The summed E-state index contributed by atoms with van der Waals surface area (Å²) in [6.07, 6.45) is 0. The van der Waals surface area contributed by atoms with Gasteiger partial charge in [0, 0.05) is 12.1 Å². The Morgan fingerprint density at radius 1 is 0.488 bits per heavy atom. The van der Waals surface area contributed by atoms with Gasteiger partial charge in [-0.2, -0.15) is 0 Å². The number of aryl methyl sites for hydroxylation is 1. The summed E-state index contributed by atoms with van der Waals surface area (Å²) in [5, 5.41) is 7.60. The fraction of sp³-hybridized carbons (Fsp3) is 0.0513. The van der Waals surface area contributed by atoms with Crippen LogP contribution < -0.4 is 0 Å². The van der Waals surface area contributed by atoms with Crippen LogP contribution in [0, 0.1) is 0 Å². The Morgan fingerprint density at radius 2 is 1.00 bits per heavy atom. The third-order valence-electron chi connectivity index (χ3n) is 8.37. The minimum absolute atomic E-state index is 0.878. The third kappa shape index (κ3) is 3.76. The maximum Gasteiger partial charge on any atom is 0.141 e. The van der Waals surface area contributed by atoms with Gasteiger partial charge < -0.3 is 4.57 Å². The molecule has 2 heteroatoms. The number of benzene rings is 7. The van der Waals surface area contributed by atoms with Crippen molar-refractivity contribution in [3.05, 3.63) is 140 Å². The van der Waals surface area contributed by atoms with E-state index in [-0.39, 0.29) is 0 Å². The van der Waals surface area contributed by atoms with E-state index in [4.69, 9.17) is 4.98 Å². The van der Waals surface area contributed by atoms with Gasteiger partial charge >= 0.3 is 0 Å². The lowest BCUT2D eigenvalue weighted by molar-refractivity contribution is 0.796. The van der Waals surface area contributed by atoms with Gasteiger partial charge in [0.25, 0.3) is 0 Å². The Bertz CT molecular complexity index is 2180. The number of fused-ring (bicyclic) bond motifs is 4. The van der Waals surface area contributed by atoms with Gasteiger partial charge in [-0.3, -0.25) is 0 Å². The smallest absolute Gasteiger partial charge is 0.141 e. The maximum atomic E-state index is 4.99. The standard InChI is InChI=1S/C39H28N2/c1-2-41-36-18-10-9-17-35(36)40-39(41)28-22-20-27(21-23-28)37-31-13-5-7-15-33(31)38(34-16-8-6-14-32(34)37)30-24-19-26-11-3-4-12-29(26)25-30/h3-25H,2H2,1H3. The molecule has 7 aromatic carbocycles. The van der Waals surface area contributed by atoms with Crippen molar-refractivity contribution in [2.24, 2.45) is 0 Å². The molecule has 0 radical (unpaired) electrons. The predicted octanol–water partition coefficient (Wildman–Crippen LogP) is 10.5. The van der Waals surface area contributed by atoms with E-state index in [0.717, 1.165) is 23.4 Å². The van der Waals surface area contributed by atoms with Crippen LogP contribution >= 0.6 is 0 Å². The van der Waals surface area contributed by atoms with E-state index >= 15 is 0 Å². The number of hydrogen-bond donors (Lipinski definition) is 0. The molecule has 1 aromatic heterocycles. The highest BCUT2D eigenvalue weighted by Crippen LogP contribution is 2.44. The number of para-hydroxylation sites is 2. The molecule has 0 amide bonds. The Morgan fingerprint density at radius 3 is 1.66 bits per heavy atom. The van der Waals surface area contributed by atoms with E-state index in [2.05, 4.69) is 151 Å². The Kier molecular flexibility index (Phi) is 5.46. The van der Waals surface area contributed by atoms with Crippen LogP contribution in [0.2, 0.25) is 0 Å². The molecule has 0 fully saturated rings. The summed E-state index contributed by atoms with van der Waals surface area (Å²) >= 11 is 0. The van der Waals surface area contributed by atoms with E-state index < -0.39 is 0 Å². The number of imidazole rings is 1. The molecule has 1 heterocycles. The molecule has 0 saturated heterocycles. The largest absolute Gasteiger partial charge is 0.324 e. The molecule has 0 aliphatic rings. The molecule has 194 valence electrons.